The van der Waals surface area contributed by atoms with Crippen molar-refractivity contribution < 1.29 is 8.42 Å². The van der Waals surface area contributed by atoms with Crippen LogP contribution in [0, 0.1) is 0 Å². The van der Waals surface area contributed by atoms with Gasteiger partial charge in [-0.1, -0.05) is 0 Å². The highest BCUT2D eigenvalue weighted by Crippen LogP contribution is 2.06. The van der Waals surface area contributed by atoms with Crippen LogP contribution in [-0.4, -0.2) is 20.2 Å². The summed E-state index contributed by atoms with van der Waals surface area (Å²) in [5.74, 6) is 0.303. The molecule has 54 valence electrons. The molecule has 0 spiro atoms. The molecule has 0 aromatic rings. The van der Waals surface area contributed by atoms with Gasteiger partial charge in [-0.3, -0.25) is 0 Å². The van der Waals surface area contributed by atoms with Crippen LogP contribution in [0.25, 0.3) is 0 Å². The fraction of sp³-hybridized carbons (Fsp3) is 1.00. The number of hydrogen-bond donors (Lipinski definition) is 1. The highest BCUT2D eigenvalue weighted by molar-refractivity contribution is 7.89. The molecule has 0 aromatic heterocycles. The maximum Gasteiger partial charge on any atom is 0.211 e. The number of hydrogen-bond acceptors (Lipinski definition) is 2. The van der Waals surface area contributed by atoms with E-state index in [4.69, 9.17) is 0 Å². The zero-order chi connectivity index (χ0) is 6.91. The van der Waals surface area contributed by atoms with Crippen LogP contribution >= 0.6 is 0 Å². The summed E-state index contributed by atoms with van der Waals surface area (Å²) >= 11 is 0. The lowest BCUT2D eigenvalue weighted by Gasteiger charge is -2.18. The van der Waals surface area contributed by atoms with Crippen LogP contribution in [0.15, 0.2) is 0 Å². The highest BCUT2D eigenvalue weighted by Gasteiger charge is 2.19. The zero-order valence-electron chi connectivity index (χ0n) is 5.42. The van der Waals surface area contributed by atoms with Gasteiger partial charge < -0.3 is 0 Å². The summed E-state index contributed by atoms with van der Waals surface area (Å²) in [6, 6.07) is 0.142. The Morgan fingerprint density at radius 3 is 2.56 bits per heavy atom. The first-order valence-corrected chi connectivity index (χ1v) is 4.75. The van der Waals surface area contributed by atoms with Gasteiger partial charge in [-0.15, -0.1) is 0 Å². The molecule has 0 aromatic carbocycles. The van der Waals surface area contributed by atoms with Gasteiger partial charge in [0.2, 0.25) is 10.0 Å². The number of nitrogens with one attached hydrogen (secondary N) is 1. The summed E-state index contributed by atoms with van der Waals surface area (Å²) in [4.78, 5) is 0. The van der Waals surface area contributed by atoms with E-state index in [1.54, 1.807) is 0 Å². The molecule has 1 fully saturated rings. The second kappa shape index (κ2) is 2.27. The first-order chi connectivity index (χ1) is 4.10. The highest BCUT2D eigenvalue weighted by atomic mass is 32.2. The smallest absolute Gasteiger partial charge is 0.211 e. The molecule has 1 heterocycles. The Morgan fingerprint density at radius 2 is 2.22 bits per heavy atom. The molecular formula is C5H11NO2S. The largest absolute Gasteiger partial charge is 0.212 e. The third kappa shape index (κ3) is 1.95. The van der Waals surface area contributed by atoms with Crippen molar-refractivity contribution in [1.82, 2.24) is 4.72 Å². The van der Waals surface area contributed by atoms with Crippen molar-refractivity contribution in [2.75, 3.05) is 5.75 Å². The summed E-state index contributed by atoms with van der Waals surface area (Å²) in [5.41, 5.74) is 0. The molecule has 1 rings (SSSR count). The van der Waals surface area contributed by atoms with Gasteiger partial charge in [0.1, 0.15) is 0 Å². The number of rotatable bonds is 0. The number of sulfonamides is 1. The molecule has 1 aliphatic rings. The average molecular weight is 149 g/mol. The zero-order valence-corrected chi connectivity index (χ0v) is 6.24. The van der Waals surface area contributed by atoms with Crippen molar-refractivity contribution >= 4 is 10.0 Å². The maximum atomic E-state index is 10.7. The second-order valence-electron chi connectivity index (χ2n) is 2.48. The van der Waals surface area contributed by atoms with E-state index >= 15 is 0 Å². The molecule has 0 bridgehead atoms. The molecule has 1 aliphatic heterocycles. The van der Waals surface area contributed by atoms with E-state index in [0.717, 1.165) is 12.8 Å². The Morgan fingerprint density at radius 1 is 1.56 bits per heavy atom. The molecule has 1 saturated heterocycles. The quantitative estimate of drug-likeness (QED) is 0.530. The van der Waals surface area contributed by atoms with Gasteiger partial charge in [-0.2, -0.15) is 0 Å². The molecule has 0 saturated carbocycles. The molecule has 3 nitrogen and oxygen atoms in total. The summed E-state index contributed by atoms with van der Waals surface area (Å²) < 4.78 is 24.0. The van der Waals surface area contributed by atoms with Gasteiger partial charge in [-0.05, 0) is 19.8 Å². The molecule has 0 unspecified atom stereocenters. The second-order valence-corrected chi connectivity index (χ2v) is 4.35. The predicted molar refractivity (Wildman–Crippen MR) is 35.6 cm³/mol. The first-order valence-electron chi connectivity index (χ1n) is 3.10. The SMILES string of the molecule is C[C@@H]1CCCS(=O)(=O)N1. The minimum absolute atomic E-state index is 0.142. The molecule has 4 heteroatoms. The Bertz CT molecular complexity index is 185. The van der Waals surface area contributed by atoms with Crippen molar-refractivity contribution in [3.63, 3.8) is 0 Å². The van der Waals surface area contributed by atoms with Crippen molar-refractivity contribution in [2.45, 2.75) is 25.8 Å². The fourth-order valence-corrected chi connectivity index (χ4v) is 2.40. The van der Waals surface area contributed by atoms with Crippen LogP contribution in [0.1, 0.15) is 19.8 Å². The first kappa shape index (κ1) is 7.02. The Labute approximate surface area is 55.5 Å². The van der Waals surface area contributed by atoms with Gasteiger partial charge in [0.05, 0.1) is 5.75 Å². The van der Waals surface area contributed by atoms with E-state index in [0.29, 0.717) is 5.75 Å². The van der Waals surface area contributed by atoms with E-state index in [1.165, 1.54) is 0 Å². The van der Waals surface area contributed by atoms with E-state index in [1.807, 2.05) is 6.92 Å². The normalized spacial score (nSPS) is 34.1. The third-order valence-electron chi connectivity index (χ3n) is 1.43. The molecule has 1 atom stereocenters. The van der Waals surface area contributed by atoms with Gasteiger partial charge in [0, 0.05) is 6.04 Å². The van der Waals surface area contributed by atoms with E-state index < -0.39 is 10.0 Å². The van der Waals surface area contributed by atoms with Crippen LogP contribution in [0.5, 0.6) is 0 Å². The lowest BCUT2D eigenvalue weighted by Crippen LogP contribution is -2.38. The topological polar surface area (TPSA) is 46.2 Å². The lowest BCUT2D eigenvalue weighted by molar-refractivity contribution is 0.515. The molecule has 1 N–H and O–H groups in total. The summed E-state index contributed by atoms with van der Waals surface area (Å²) in [7, 11) is -2.88. The van der Waals surface area contributed by atoms with Crippen LogP contribution < -0.4 is 4.72 Å². The molecule has 0 amide bonds. The van der Waals surface area contributed by atoms with Gasteiger partial charge in [-0.25, -0.2) is 13.1 Å². The van der Waals surface area contributed by atoms with Crippen LogP contribution in [-0.2, 0) is 10.0 Å². The molecule has 0 radical (unpaired) electrons. The van der Waals surface area contributed by atoms with Crippen molar-refractivity contribution in [3.8, 4) is 0 Å². The summed E-state index contributed by atoms with van der Waals surface area (Å²) in [6.07, 6.45) is 1.77. The van der Waals surface area contributed by atoms with Gasteiger partial charge in [0.25, 0.3) is 0 Å². The Balaban J connectivity index is 2.62. The van der Waals surface area contributed by atoms with Crippen molar-refractivity contribution in [2.24, 2.45) is 0 Å². The minimum atomic E-state index is -2.88. The summed E-state index contributed by atoms with van der Waals surface area (Å²) in [5, 5.41) is 0. The molecule has 0 aliphatic carbocycles. The maximum absolute atomic E-state index is 10.7. The lowest BCUT2D eigenvalue weighted by atomic mass is 10.2. The van der Waals surface area contributed by atoms with Gasteiger partial charge in [0.15, 0.2) is 0 Å². The fourth-order valence-electron chi connectivity index (χ4n) is 1.00. The predicted octanol–water partition coefficient (Wildman–Crippen LogP) is 0.0881. The molecule has 9 heavy (non-hydrogen) atoms. The molecular weight excluding hydrogens is 138 g/mol. The monoisotopic (exact) mass is 149 g/mol. The standard InChI is InChI=1S/C5H11NO2S/c1-5-3-2-4-9(7,8)6-5/h5-6H,2-4H2,1H3/t5-/m1/s1. The minimum Gasteiger partial charge on any atom is -0.212 e. The van der Waals surface area contributed by atoms with Crippen LogP contribution in [0.2, 0.25) is 0 Å². The van der Waals surface area contributed by atoms with Crippen molar-refractivity contribution in [1.29, 1.82) is 0 Å². The Hall–Kier alpha value is -0.0900. The van der Waals surface area contributed by atoms with Gasteiger partial charge >= 0.3 is 0 Å². The summed E-state index contributed by atoms with van der Waals surface area (Å²) in [6.45, 7) is 1.89. The average Bonchev–Trinajstić information content (AvgIpc) is 1.60. The van der Waals surface area contributed by atoms with Crippen LogP contribution in [0.3, 0.4) is 0 Å². The van der Waals surface area contributed by atoms with E-state index in [9.17, 15) is 8.42 Å². The van der Waals surface area contributed by atoms with E-state index in [-0.39, 0.29) is 6.04 Å². The van der Waals surface area contributed by atoms with Crippen LogP contribution in [0.4, 0.5) is 0 Å². The third-order valence-corrected chi connectivity index (χ3v) is 3.02. The van der Waals surface area contributed by atoms with Crippen molar-refractivity contribution in [3.05, 3.63) is 0 Å². The Kier molecular flexibility index (Phi) is 1.77. The van der Waals surface area contributed by atoms with E-state index in [2.05, 4.69) is 4.72 Å².